The fourth-order valence-corrected chi connectivity index (χ4v) is 3.33. The summed E-state index contributed by atoms with van der Waals surface area (Å²) in [5.41, 5.74) is -0.820. The maximum absolute atomic E-state index is 12.6. The smallest absolute Gasteiger partial charge is 0.357 e. The van der Waals surface area contributed by atoms with Crippen LogP contribution >= 0.6 is 0 Å². The molecule has 162 valence electrons. The molecule has 1 aliphatic heterocycles. The van der Waals surface area contributed by atoms with E-state index < -0.39 is 41.6 Å². The molecule has 2 fully saturated rings. The van der Waals surface area contributed by atoms with Gasteiger partial charge in [-0.05, 0) is 25.2 Å². The Hall–Kier alpha value is -2.72. The number of hydrogen-bond donors (Lipinski definition) is 0. The molecule has 1 aliphatic carbocycles. The Labute approximate surface area is 168 Å². The van der Waals surface area contributed by atoms with Crippen molar-refractivity contribution in [3.05, 3.63) is 10.1 Å². The van der Waals surface area contributed by atoms with E-state index in [4.69, 9.17) is 9.57 Å². The lowest BCUT2D eigenvalue weighted by atomic mass is 9.82. The monoisotopic (exact) mass is 412 g/mol. The molecule has 2 rings (SSSR count). The van der Waals surface area contributed by atoms with E-state index in [2.05, 4.69) is 4.99 Å². The normalized spacial score (nSPS) is 24.4. The van der Waals surface area contributed by atoms with E-state index in [0.29, 0.717) is 30.7 Å². The highest BCUT2D eigenvalue weighted by Crippen LogP contribution is 2.30. The highest BCUT2D eigenvalue weighted by Gasteiger charge is 2.37. The van der Waals surface area contributed by atoms with Crippen LogP contribution in [0.3, 0.4) is 0 Å². The van der Waals surface area contributed by atoms with Gasteiger partial charge < -0.3 is 14.7 Å². The lowest BCUT2D eigenvalue weighted by Crippen LogP contribution is -2.39. The minimum Gasteiger partial charge on any atom is -0.595 e. The molecule has 0 aromatic heterocycles. The van der Waals surface area contributed by atoms with Crippen LogP contribution in [-0.2, 0) is 24.0 Å². The first-order valence-corrected chi connectivity index (χ1v) is 9.61. The molecule has 11 heteroatoms. The molecule has 1 saturated heterocycles. The highest BCUT2D eigenvalue weighted by molar-refractivity contribution is 6.01. The number of ether oxygens (including phenoxy) is 1. The van der Waals surface area contributed by atoms with Crippen LogP contribution in [0.4, 0.5) is 0 Å². The number of carbonyl (C=O) groups excluding carboxylic acids is 3. The summed E-state index contributed by atoms with van der Waals surface area (Å²) in [6, 6.07) is -1.89. The van der Waals surface area contributed by atoms with Crippen molar-refractivity contribution >= 4 is 23.9 Å². The molecule has 2 aliphatic rings. The van der Waals surface area contributed by atoms with Crippen LogP contribution in [0.5, 0.6) is 0 Å². The van der Waals surface area contributed by atoms with Crippen molar-refractivity contribution < 1.29 is 34.0 Å². The standard InChI is InChI=1S/C18H27N3O8/c1-18(2,3)28-17(25)19-13(10-11-4-6-12(7-5-11)21(26)27)16(24)29-20-14(22)8-9-15(20)23/h11-13H,4-10H2,1-3H3,(H,19,25)/p-1. The number of aliphatic imine (C=N–C) groups is 1. The van der Waals surface area contributed by atoms with Crippen LogP contribution in [0.2, 0.25) is 0 Å². The van der Waals surface area contributed by atoms with Crippen LogP contribution in [0.1, 0.15) is 65.7 Å². The number of hydroxylamine groups is 2. The van der Waals surface area contributed by atoms with Crippen LogP contribution in [0.15, 0.2) is 4.99 Å². The molecule has 1 saturated carbocycles. The fourth-order valence-electron chi connectivity index (χ4n) is 3.33. The molecule has 0 aromatic rings. The summed E-state index contributed by atoms with van der Waals surface area (Å²) < 4.78 is 5.12. The Morgan fingerprint density at radius 3 is 2.24 bits per heavy atom. The van der Waals surface area contributed by atoms with Gasteiger partial charge in [-0.15, -0.1) is 5.06 Å². The fraction of sp³-hybridized carbons (Fsp3) is 0.778. The molecule has 0 spiro atoms. The molecule has 0 radical (unpaired) electrons. The predicted molar refractivity (Wildman–Crippen MR) is 96.6 cm³/mol. The van der Waals surface area contributed by atoms with E-state index in [1.165, 1.54) is 0 Å². The molecule has 1 heterocycles. The second kappa shape index (κ2) is 9.19. The molecular formula is C18H26N3O8-. The van der Waals surface area contributed by atoms with Gasteiger partial charge in [-0.2, -0.15) is 0 Å². The zero-order chi connectivity index (χ0) is 21.8. The van der Waals surface area contributed by atoms with E-state index >= 15 is 0 Å². The molecule has 0 N–H and O–H groups in total. The van der Waals surface area contributed by atoms with Gasteiger partial charge in [-0.25, -0.2) is 4.79 Å². The van der Waals surface area contributed by atoms with Crippen LogP contribution in [-0.4, -0.2) is 51.5 Å². The van der Waals surface area contributed by atoms with Crippen molar-refractivity contribution in [3.8, 4) is 0 Å². The quantitative estimate of drug-likeness (QED) is 0.203. The average Bonchev–Trinajstić information content (AvgIpc) is 2.92. The van der Waals surface area contributed by atoms with E-state index in [1.807, 2.05) is 0 Å². The zero-order valence-electron chi connectivity index (χ0n) is 16.8. The molecule has 0 aromatic carbocycles. The van der Waals surface area contributed by atoms with E-state index in [-0.39, 0.29) is 30.1 Å². The van der Waals surface area contributed by atoms with Crippen molar-refractivity contribution in [1.29, 1.82) is 0 Å². The molecule has 1 atom stereocenters. The summed E-state index contributed by atoms with van der Waals surface area (Å²) in [6.45, 7) is 4.94. The van der Waals surface area contributed by atoms with Gasteiger partial charge in [0.1, 0.15) is 6.08 Å². The minimum atomic E-state index is -1.27. The van der Waals surface area contributed by atoms with Gasteiger partial charge in [0.2, 0.25) is 6.04 Å². The van der Waals surface area contributed by atoms with Gasteiger partial charge in [0, 0.05) is 36.2 Å². The first-order chi connectivity index (χ1) is 13.5. The summed E-state index contributed by atoms with van der Waals surface area (Å²) in [5.74, 6) is -2.35. The van der Waals surface area contributed by atoms with Crippen molar-refractivity contribution in [2.24, 2.45) is 10.9 Å². The Morgan fingerprint density at radius 2 is 1.76 bits per heavy atom. The maximum Gasteiger partial charge on any atom is 0.357 e. The van der Waals surface area contributed by atoms with Crippen LogP contribution < -0.4 is 5.11 Å². The van der Waals surface area contributed by atoms with E-state index in [1.54, 1.807) is 20.8 Å². The maximum atomic E-state index is 12.6. The third-order valence-electron chi connectivity index (χ3n) is 4.78. The molecule has 0 bridgehead atoms. The average molecular weight is 412 g/mol. The molecule has 11 nitrogen and oxygen atoms in total. The predicted octanol–water partition coefficient (Wildman–Crippen LogP) is 0.719. The topological polar surface area (TPSA) is 151 Å². The first kappa shape index (κ1) is 22.6. The molecule has 2 amide bonds. The van der Waals surface area contributed by atoms with Crippen LogP contribution in [0, 0.1) is 16.0 Å². The summed E-state index contributed by atoms with van der Waals surface area (Å²) in [6.07, 6.45) is 0.789. The summed E-state index contributed by atoms with van der Waals surface area (Å²) in [4.78, 5) is 55.2. The minimum absolute atomic E-state index is 0.0507. The SMILES string of the molecule is CC(C)(C)OC([O-])=NC(CC1CCC([N+](=O)[O-])CC1)C(=O)ON1C(=O)CCC1=O. The second-order valence-electron chi connectivity index (χ2n) is 8.31. The van der Waals surface area contributed by atoms with Gasteiger partial charge in [0.05, 0.1) is 0 Å². The van der Waals surface area contributed by atoms with Gasteiger partial charge in [0.25, 0.3) is 11.8 Å². The van der Waals surface area contributed by atoms with Crippen molar-refractivity contribution in [2.75, 3.05) is 0 Å². The van der Waals surface area contributed by atoms with Crippen molar-refractivity contribution in [2.45, 2.75) is 83.4 Å². The van der Waals surface area contributed by atoms with Crippen molar-refractivity contribution in [1.82, 2.24) is 5.06 Å². The number of rotatable bonds is 6. The van der Waals surface area contributed by atoms with Gasteiger partial charge >= 0.3 is 5.97 Å². The van der Waals surface area contributed by atoms with Gasteiger partial charge in [0.15, 0.2) is 6.04 Å². The lowest BCUT2D eigenvalue weighted by molar-refractivity contribution is -0.527. The number of nitrogens with zero attached hydrogens (tertiary/aromatic N) is 3. The van der Waals surface area contributed by atoms with Gasteiger partial charge in [-0.3, -0.25) is 24.7 Å². The zero-order valence-corrected chi connectivity index (χ0v) is 16.8. The van der Waals surface area contributed by atoms with Gasteiger partial charge in [-0.1, -0.05) is 20.8 Å². The summed E-state index contributed by atoms with van der Waals surface area (Å²) in [5, 5.41) is 23.4. The summed E-state index contributed by atoms with van der Waals surface area (Å²) in [7, 11) is 0. The second-order valence-corrected chi connectivity index (χ2v) is 8.31. The van der Waals surface area contributed by atoms with E-state index in [0.717, 1.165) is 0 Å². The number of hydrogen-bond acceptors (Lipinski definition) is 9. The van der Waals surface area contributed by atoms with Crippen molar-refractivity contribution in [3.63, 3.8) is 0 Å². The Balaban J connectivity index is 2.09. The summed E-state index contributed by atoms with van der Waals surface area (Å²) >= 11 is 0. The Bertz CT molecular complexity index is 676. The van der Waals surface area contributed by atoms with Crippen LogP contribution in [0.25, 0.3) is 0 Å². The first-order valence-electron chi connectivity index (χ1n) is 9.61. The third-order valence-corrected chi connectivity index (χ3v) is 4.78. The molecule has 1 unspecified atom stereocenters. The third kappa shape index (κ3) is 6.68. The Morgan fingerprint density at radius 1 is 1.21 bits per heavy atom. The number of nitro groups is 1. The van der Waals surface area contributed by atoms with E-state index in [9.17, 15) is 29.6 Å². The number of carbonyl (C=O) groups is 3. The molecular weight excluding hydrogens is 386 g/mol. The lowest BCUT2D eigenvalue weighted by Gasteiger charge is -2.31. The largest absolute Gasteiger partial charge is 0.595 e. The number of amides is 2. The molecule has 29 heavy (non-hydrogen) atoms. The highest BCUT2D eigenvalue weighted by atomic mass is 16.7. The number of imide groups is 1. The Kier molecular flexibility index (Phi) is 7.15.